The number of nitrogens with zero attached hydrogens (tertiary/aromatic N) is 1. The highest BCUT2D eigenvalue weighted by atomic mass is 16.5. The van der Waals surface area contributed by atoms with Crippen LogP contribution in [0.5, 0.6) is 0 Å². The van der Waals surface area contributed by atoms with Crippen molar-refractivity contribution in [3.05, 3.63) is 48.6 Å². The second-order valence-electron chi connectivity index (χ2n) is 5.33. The molecule has 2 saturated heterocycles. The summed E-state index contributed by atoms with van der Waals surface area (Å²) in [6.07, 6.45) is 1.75. The first kappa shape index (κ1) is 10.3. The van der Waals surface area contributed by atoms with Gasteiger partial charge in [-0.25, -0.2) is 0 Å². The minimum Gasteiger partial charge on any atom is -0.352 e. The maximum absolute atomic E-state index is 12.4. The Labute approximate surface area is 106 Å². The lowest BCUT2D eigenvalue weighted by Gasteiger charge is -2.25. The van der Waals surface area contributed by atoms with Crippen LogP contribution in [-0.2, 0) is 9.53 Å². The van der Waals surface area contributed by atoms with Gasteiger partial charge in [0.05, 0.1) is 18.6 Å². The van der Waals surface area contributed by atoms with Crippen molar-refractivity contribution >= 4 is 5.91 Å². The third-order valence-corrected chi connectivity index (χ3v) is 4.51. The minimum absolute atomic E-state index is 0.179. The molecule has 1 aromatic rings. The van der Waals surface area contributed by atoms with Gasteiger partial charge in [0.1, 0.15) is 0 Å². The number of carbonyl (C=O) groups excluding carboxylic acids is 1. The maximum atomic E-state index is 12.4. The fraction of sp³-hybridized carbons (Fsp3) is 0.400. The zero-order valence-corrected chi connectivity index (χ0v) is 10.0. The summed E-state index contributed by atoms with van der Waals surface area (Å²) in [6.45, 7) is 4.48. The van der Waals surface area contributed by atoms with Gasteiger partial charge in [0.25, 0.3) is 0 Å². The van der Waals surface area contributed by atoms with E-state index in [0.717, 1.165) is 5.56 Å². The van der Waals surface area contributed by atoms with E-state index in [0.29, 0.717) is 18.4 Å². The van der Waals surface area contributed by atoms with Gasteiger partial charge in [-0.3, -0.25) is 4.79 Å². The number of carbonyl (C=O) groups is 1. The van der Waals surface area contributed by atoms with Gasteiger partial charge in [-0.1, -0.05) is 36.4 Å². The highest BCUT2D eigenvalue weighted by Gasteiger charge is 2.68. The zero-order valence-electron chi connectivity index (χ0n) is 10.0. The summed E-state index contributed by atoms with van der Waals surface area (Å²) in [5.74, 6) is 1.27. The van der Waals surface area contributed by atoms with Crippen LogP contribution in [-0.4, -0.2) is 23.5 Å². The predicted molar refractivity (Wildman–Crippen MR) is 66.4 cm³/mol. The highest BCUT2D eigenvalue weighted by Crippen LogP contribution is 2.60. The van der Waals surface area contributed by atoms with E-state index in [9.17, 15) is 4.79 Å². The van der Waals surface area contributed by atoms with Gasteiger partial charge in [-0.2, -0.15) is 0 Å². The van der Waals surface area contributed by atoms with E-state index in [2.05, 4.69) is 6.58 Å². The van der Waals surface area contributed by atoms with Crippen LogP contribution in [0.15, 0.2) is 43.0 Å². The normalized spacial score (nSPS) is 40.6. The molecule has 0 N–H and O–H groups in total. The van der Waals surface area contributed by atoms with E-state index in [4.69, 9.17) is 4.74 Å². The smallest absolute Gasteiger partial charge is 0.229 e. The number of amides is 1. The highest BCUT2D eigenvalue weighted by molar-refractivity contribution is 5.87. The van der Waals surface area contributed by atoms with Crippen LogP contribution >= 0.6 is 0 Å². The molecule has 0 bridgehead atoms. The van der Waals surface area contributed by atoms with Crippen molar-refractivity contribution in [2.75, 3.05) is 6.61 Å². The molecular formula is C15H15NO2. The largest absolute Gasteiger partial charge is 0.352 e. The lowest BCUT2D eigenvalue weighted by Crippen LogP contribution is -2.35. The molecule has 18 heavy (non-hydrogen) atoms. The Morgan fingerprint density at radius 3 is 2.83 bits per heavy atom. The van der Waals surface area contributed by atoms with Gasteiger partial charge in [0, 0.05) is 11.5 Å². The van der Waals surface area contributed by atoms with Crippen LogP contribution in [0.1, 0.15) is 11.8 Å². The van der Waals surface area contributed by atoms with Crippen molar-refractivity contribution in [2.45, 2.75) is 12.3 Å². The van der Waals surface area contributed by atoms with Crippen LogP contribution < -0.4 is 0 Å². The standard InChI is InChI=1S/C15H15NO2/c1-2-10-12-11-8-18-15(9-6-4-3-5-7-9)16(11)14(17)13(10)12/h2-7,10-13,15H,1,8H2/t10-,11+,12+,13+,15+/m0/s1. The molecule has 3 fully saturated rings. The summed E-state index contributed by atoms with van der Waals surface area (Å²) >= 11 is 0. The molecule has 2 aliphatic heterocycles. The summed E-state index contributed by atoms with van der Waals surface area (Å²) in [5.41, 5.74) is 1.07. The van der Waals surface area contributed by atoms with Gasteiger partial charge in [0.2, 0.25) is 5.91 Å². The van der Waals surface area contributed by atoms with Gasteiger partial charge < -0.3 is 9.64 Å². The number of hydrogen-bond donors (Lipinski definition) is 0. The quantitative estimate of drug-likeness (QED) is 0.741. The van der Waals surface area contributed by atoms with Gasteiger partial charge >= 0.3 is 0 Å². The van der Waals surface area contributed by atoms with E-state index >= 15 is 0 Å². The molecule has 2 heterocycles. The average molecular weight is 241 g/mol. The Morgan fingerprint density at radius 1 is 1.33 bits per heavy atom. The Hall–Kier alpha value is -1.61. The summed E-state index contributed by atoms with van der Waals surface area (Å²) in [6, 6.07) is 10.3. The van der Waals surface area contributed by atoms with Crippen LogP contribution in [0, 0.1) is 17.8 Å². The lowest BCUT2D eigenvalue weighted by atomic mass is 10.1. The monoisotopic (exact) mass is 241 g/mol. The van der Waals surface area contributed by atoms with Gasteiger partial charge in [-0.15, -0.1) is 6.58 Å². The fourth-order valence-corrected chi connectivity index (χ4v) is 3.63. The first-order valence-electron chi connectivity index (χ1n) is 6.44. The van der Waals surface area contributed by atoms with Gasteiger partial charge in [0.15, 0.2) is 6.23 Å². The Morgan fingerprint density at radius 2 is 2.11 bits per heavy atom. The van der Waals surface area contributed by atoms with Crippen molar-refractivity contribution < 1.29 is 9.53 Å². The summed E-state index contributed by atoms with van der Waals surface area (Å²) in [7, 11) is 0. The molecule has 1 aliphatic carbocycles. The van der Waals surface area contributed by atoms with Crippen LogP contribution in [0.2, 0.25) is 0 Å². The molecule has 0 radical (unpaired) electrons. The number of benzene rings is 1. The Bertz CT molecular complexity index is 512. The zero-order chi connectivity index (χ0) is 12.3. The Kier molecular flexibility index (Phi) is 1.98. The molecule has 4 rings (SSSR count). The number of rotatable bonds is 2. The van der Waals surface area contributed by atoms with Gasteiger partial charge in [-0.05, 0) is 5.92 Å². The third kappa shape index (κ3) is 1.15. The first-order valence-corrected chi connectivity index (χ1v) is 6.44. The molecule has 0 unspecified atom stereocenters. The Balaban J connectivity index is 1.65. The number of hydrogen-bond acceptors (Lipinski definition) is 2. The van der Waals surface area contributed by atoms with E-state index in [1.807, 2.05) is 41.3 Å². The molecule has 0 spiro atoms. The molecular weight excluding hydrogens is 226 g/mol. The third-order valence-electron chi connectivity index (χ3n) is 4.51. The van der Waals surface area contributed by atoms with Crippen molar-refractivity contribution in [1.29, 1.82) is 0 Å². The summed E-state index contributed by atoms with van der Waals surface area (Å²) in [4.78, 5) is 14.3. The lowest BCUT2D eigenvalue weighted by molar-refractivity contribution is -0.136. The molecule has 1 saturated carbocycles. The summed E-state index contributed by atoms with van der Waals surface area (Å²) < 4.78 is 5.84. The number of ether oxygens (including phenoxy) is 1. The maximum Gasteiger partial charge on any atom is 0.229 e. The van der Waals surface area contributed by atoms with Crippen molar-refractivity contribution in [1.82, 2.24) is 4.90 Å². The van der Waals surface area contributed by atoms with E-state index in [1.54, 1.807) is 0 Å². The van der Waals surface area contributed by atoms with Crippen LogP contribution in [0.3, 0.4) is 0 Å². The number of piperidine rings is 1. The SMILES string of the molecule is C=C[C@@H]1[C@H]2C(=O)N3[C@@H](c4ccccc4)OC[C@@H]3[C@@H]12. The molecule has 1 amide bonds. The van der Waals surface area contributed by atoms with Crippen LogP contribution in [0.4, 0.5) is 0 Å². The number of fused-ring (bicyclic) bond motifs is 3. The van der Waals surface area contributed by atoms with Crippen LogP contribution in [0.25, 0.3) is 0 Å². The molecule has 1 aromatic carbocycles. The molecule has 3 aliphatic rings. The van der Waals surface area contributed by atoms with E-state index in [1.165, 1.54) is 0 Å². The molecule has 92 valence electrons. The molecule has 5 atom stereocenters. The number of allylic oxidation sites excluding steroid dienone is 1. The second kappa shape index (κ2) is 3.45. The molecule has 3 heteroatoms. The summed E-state index contributed by atoms with van der Waals surface area (Å²) in [5, 5.41) is 0. The average Bonchev–Trinajstić information content (AvgIpc) is 2.85. The van der Waals surface area contributed by atoms with E-state index in [-0.39, 0.29) is 24.1 Å². The predicted octanol–water partition coefficient (Wildman–Crippen LogP) is 1.97. The first-order chi connectivity index (χ1) is 8.83. The molecule has 3 nitrogen and oxygen atoms in total. The second-order valence-corrected chi connectivity index (χ2v) is 5.33. The minimum atomic E-state index is -0.179. The topological polar surface area (TPSA) is 29.5 Å². The fourth-order valence-electron chi connectivity index (χ4n) is 3.63. The molecule has 0 aromatic heterocycles. The van der Waals surface area contributed by atoms with Crippen molar-refractivity contribution in [2.24, 2.45) is 17.8 Å². The van der Waals surface area contributed by atoms with Crippen molar-refractivity contribution in [3.63, 3.8) is 0 Å². The van der Waals surface area contributed by atoms with E-state index < -0.39 is 0 Å². The van der Waals surface area contributed by atoms with Crippen molar-refractivity contribution in [3.8, 4) is 0 Å².